The molecule has 180 valence electrons. The highest BCUT2D eigenvalue weighted by Gasteiger charge is 2.11. The molecule has 0 saturated carbocycles. The standard InChI is InChI=1S/C30H50N2/c1-3-7-11-15-23-31-25-18-22-30(28-31)20-14-10-6-2-4-8-12-16-24-32-26-17-21-29(27-32)19-13-9-5-1/h17-18,21-22,27-28H,1-16,19-20,23-26H2/p+2. The Morgan fingerprint density at radius 2 is 0.750 bits per heavy atom. The van der Waals surface area contributed by atoms with Crippen molar-refractivity contribution in [2.75, 3.05) is 26.2 Å². The summed E-state index contributed by atoms with van der Waals surface area (Å²) in [5.41, 5.74) is 3.19. The van der Waals surface area contributed by atoms with Crippen LogP contribution in [-0.4, -0.2) is 26.2 Å². The predicted molar refractivity (Wildman–Crippen MR) is 139 cm³/mol. The number of hydrogen-bond donors (Lipinski definition) is 2. The molecule has 2 unspecified atom stereocenters. The summed E-state index contributed by atoms with van der Waals surface area (Å²) in [4.78, 5) is 3.38. The van der Waals surface area contributed by atoms with Crippen LogP contribution in [0.5, 0.6) is 0 Å². The molecule has 3 aliphatic rings. The second kappa shape index (κ2) is 16.5. The van der Waals surface area contributed by atoms with Crippen LogP contribution >= 0.6 is 0 Å². The van der Waals surface area contributed by atoms with Crippen molar-refractivity contribution in [2.24, 2.45) is 0 Å². The first kappa shape index (κ1) is 25.5. The Bertz CT molecular complexity index is 558. The summed E-state index contributed by atoms with van der Waals surface area (Å²) in [7, 11) is 0. The number of fused-ring (bicyclic) bond motifs is 2. The quantitative estimate of drug-likeness (QED) is 0.478. The molecule has 3 rings (SSSR count). The van der Waals surface area contributed by atoms with Gasteiger partial charge in [0.2, 0.25) is 0 Å². The summed E-state index contributed by atoms with van der Waals surface area (Å²) in [6, 6.07) is 0. The lowest BCUT2D eigenvalue weighted by Gasteiger charge is -2.18. The molecule has 0 radical (unpaired) electrons. The third-order valence-corrected chi connectivity index (χ3v) is 7.63. The molecule has 0 aliphatic carbocycles. The van der Waals surface area contributed by atoms with Crippen molar-refractivity contribution in [1.29, 1.82) is 0 Å². The van der Waals surface area contributed by atoms with E-state index < -0.39 is 0 Å². The van der Waals surface area contributed by atoms with Gasteiger partial charge in [0.05, 0.1) is 25.5 Å². The SMILES string of the molecule is C1=CC2=C[NH+](C1)CCCCCCCCCCC1=C[NH+](CC=C1)CCCCCCCCCC2. The summed E-state index contributed by atoms with van der Waals surface area (Å²) in [6.45, 7) is 5.06. The topological polar surface area (TPSA) is 8.88 Å². The molecule has 0 saturated heterocycles. The molecule has 2 N–H and O–H groups in total. The van der Waals surface area contributed by atoms with Gasteiger partial charge in [-0.2, -0.15) is 0 Å². The van der Waals surface area contributed by atoms with Crippen molar-refractivity contribution in [3.8, 4) is 0 Å². The van der Waals surface area contributed by atoms with Crippen LogP contribution in [0.25, 0.3) is 0 Å². The van der Waals surface area contributed by atoms with Gasteiger partial charge in [0.25, 0.3) is 0 Å². The van der Waals surface area contributed by atoms with Gasteiger partial charge < -0.3 is 9.80 Å². The van der Waals surface area contributed by atoms with Crippen molar-refractivity contribution >= 4 is 0 Å². The van der Waals surface area contributed by atoms with E-state index in [2.05, 4.69) is 36.7 Å². The van der Waals surface area contributed by atoms with Gasteiger partial charge in [-0.05, 0) is 63.5 Å². The van der Waals surface area contributed by atoms with Crippen molar-refractivity contribution in [3.05, 3.63) is 47.9 Å². The van der Waals surface area contributed by atoms with Crippen LogP contribution in [0.2, 0.25) is 0 Å². The lowest BCUT2D eigenvalue weighted by atomic mass is 10.0. The van der Waals surface area contributed by atoms with E-state index in [4.69, 9.17) is 0 Å². The van der Waals surface area contributed by atoms with Crippen LogP contribution < -0.4 is 9.80 Å². The minimum Gasteiger partial charge on any atom is -0.305 e. The van der Waals surface area contributed by atoms with Gasteiger partial charge in [0.15, 0.2) is 0 Å². The van der Waals surface area contributed by atoms with E-state index in [0.717, 1.165) is 0 Å². The Kier molecular flexibility index (Phi) is 13.1. The summed E-state index contributed by atoms with van der Waals surface area (Å²) in [5, 5.41) is 0. The van der Waals surface area contributed by atoms with Crippen LogP contribution in [0.15, 0.2) is 47.9 Å². The molecule has 2 heteroatoms. The summed E-state index contributed by atoms with van der Waals surface area (Å²) >= 11 is 0. The highest BCUT2D eigenvalue weighted by molar-refractivity contribution is 5.18. The molecule has 0 aromatic carbocycles. The van der Waals surface area contributed by atoms with E-state index in [9.17, 15) is 0 Å². The van der Waals surface area contributed by atoms with Crippen molar-refractivity contribution in [2.45, 2.75) is 116 Å². The Labute approximate surface area is 199 Å². The molecule has 0 aromatic heterocycles. The van der Waals surface area contributed by atoms with Crippen LogP contribution in [0, 0.1) is 0 Å². The average molecular weight is 441 g/mol. The molecule has 3 heterocycles. The zero-order valence-electron chi connectivity index (χ0n) is 21.0. The molecule has 2 atom stereocenters. The van der Waals surface area contributed by atoms with E-state index in [1.165, 1.54) is 142 Å². The summed E-state index contributed by atoms with van der Waals surface area (Å²) < 4.78 is 0. The van der Waals surface area contributed by atoms with Gasteiger partial charge in [-0.15, -0.1) is 0 Å². The maximum absolute atomic E-state index is 2.54. The van der Waals surface area contributed by atoms with E-state index >= 15 is 0 Å². The Hall–Kier alpha value is -1.12. The van der Waals surface area contributed by atoms with Crippen LogP contribution in [0.3, 0.4) is 0 Å². The fraction of sp³-hybridized carbons (Fsp3) is 0.733. The summed E-state index contributed by atoms with van der Waals surface area (Å²) in [6.07, 6.45) is 40.0. The first-order chi connectivity index (χ1) is 15.9. The van der Waals surface area contributed by atoms with Crippen molar-refractivity contribution in [3.63, 3.8) is 0 Å². The van der Waals surface area contributed by atoms with E-state index in [1.807, 2.05) is 0 Å². The molecular formula is C30H52N2+2. The highest BCUT2D eigenvalue weighted by atomic mass is 15.1. The van der Waals surface area contributed by atoms with Crippen LogP contribution in [-0.2, 0) is 0 Å². The Morgan fingerprint density at radius 1 is 0.406 bits per heavy atom. The monoisotopic (exact) mass is 440 g/mol. The molecule has 2 nitrogen and oxygen atoms in total. The van der Waals surface area contributed by atoms with Gasteiger partial charge in [0, 0.05) is 11.1 Å². The Balaban J connectivity index is 1.37. The van der Waals surface area contributed by atoms with Gasteiger partial charge in [-0.3, -0.25) is 0 Å². The second-order valence-electron chi connectivity index (χ2n) is 10.6. The number of rotatable bonds is 0. The fourth-order valence-corrected chi connectivity index (χ4v) is 5.60. The molecule has 0 spiro atoms. The number of nitrogens with one attached hydrogen (secondary N) is 2. The van der Waals surface area contributed by atoms with Crippen molar-refractivity contribution < 1.29 is 9.80 Å². The zero-order valence-corrected chi connectivity index (χ0v) is 21.0. The lowest BCUT2D eigenvalue weighted by molar-refractivity contribution is -0.842. The second-order valence-corrected chi connectivity index (χ2v) is 10.6. The molecule has 0 aromatic rings. The van der Waals surface area contributed by atoms with Gasteiger partial charge >= 0.3 is 0 Å². The largest absolute Gasteiger partial charge is 0.305 e. The minimum absolute atomic E-state index is 1.20. The van der Waals surface area contributed by atoms with E-state index in [1.54, 1.807) is 20.9 Å². The molecular weight excluding hydrogens is 388 g/mol. The van der Waals surface area contributed by atoms with Gasteiger partial charge in [-0.25, -0.2) is 0 Å². The lowest BCUT2D eigenvalue weighted by Crippen LogP contribution is -3.07. The van der Waals surface area contributed by atoms with E-state index in [-0.39, 0.29) is 0 Å². The van der Waals surface area contributed by atoms with Crippen LogP contribution in [0.4, 0.5) is 0 Å². The molecule has 4 bridgehead atoms. The molecule has 3 aliphatic heterocycles. The summed E-state index contributed by atoms with van der Waals surface area (Å²) in [5.74, 6) is 0. The van der Waals surface area contributed by atoms with Crippen LogP contribution in [0.1, 0.15) is 116 Å². The van der Waals surface area contributed by atoms with Gasteiger partial charge in [0.1, 0.15) is 13.1 Å². The third-order valence-electron chi connectivity index (χ3n) is 7.63. The predicted octanol–water partition coefficient (Wildman–Crippen LogP) is 5.70. The normalized spacial score (nSPS) is 28.5. The zero-order chi connectivity index (χ0) is 22.1. The molecule has 32 heavy (non-hydrogen) atoms. The Morgan fingerprint density at radius 3 is 1.16 bits per heavy atom. The minimum atomic E-state index is 1.20. The smallest absolute Gasteiger partial charge is 0.100 e. The maximum Gasteiger partial charge on any atom is 0.100 e. The van der Waals surface area contributed by atoms with Gasteiger partial charge in [-0.1, -0.05) is 76.4 Å². The first-order valence-corrected chi connectivity index (χ1v) is 14.3. The number of allylic oxidation sites excluding steroid dienone is 4. The fourth-order valence-electron chi connectivity index (χ4n) is 5.60. The maximum atomic E-state index is 2.54. The third kappa shape index (κ3) is 11.1. The van der Waals surface area contributed by atoms with E-state index in [0.29, 0.717) is 0 Å². The van der Waals surface area contributed by atoms with Crippen molar-refractivity contribution in [1.82, 2.24) is 0 Å². The number of hydrogen-bond acceptors (Lipinski definition) is 0. The highest BCUT2D eigenvalue weighted by Crippen LogP contribution is 2.15. The number of quaternary nitrogens is 2. The molecule has 0 fully saturated rings. The average Bonchev–Trinajstić information content (AvgIpc) is 2.81. The molecule has 0 amide bonds. The first-order valence-electron chi connectivity index (χ1n) is 14.3.